The molecular formula is C16H20ClF2N3O3. The lowest BCUT2D eigenvalue weighted by Crippen LogP contribution is -2.47. The summed E-state index contributed by atoms with van der Waals surface area (Å²) < 4.78 is 32.6. The van der Waals surface area contributed by atoms with E-state index in [1.807, 2.05) is 0 Å². The molecule has 1 N–H and O–H groups in total. The standard InChI is InChI=1S/C16H20ClF2N3O3/c1-15(2,3)25-14(24)22-9-16(18,19)7-12(22)13(23)21-8-11-6-10(17)4-5-20-11/h4-6,12H,7-9H2,1-3H3,(H,21,23)/t12-/m0/s1. The lowest BCUT2D eigenvalue weighted by Gasteiger charge is -2.27. The number of nitrogens with zero attached hydrogens (tertiary/aromatic N) is 2. The molecular weight excluding hydrogens is 356 g/mol. The molecule has 1 aliphatic rings. The van der Waals surface area contributed by atoms with Crippen LogP contribution in [-0.2, 0) is 16.1 Å². The Bertz CT molecular complexity index is 664. The summed E-state index contributed by atoms with van der Waals surface area (Å²) in [7, 11) is 0. The first-order chi connectivity index (χ1) is 11.5. The summed E-state index contributed by atoms with van der Waals surface area (Å²) in [6, 6.07) is 1.83. The first-order valence-electron chi connectivity index (χ1n) is 7.72. The molecule has 0 aromatic carbocycles. The molecule has 0 aliphatic carbocycles. The van der Waals surface area contributed by atoms with Crippen molar-refractivity contribution in [2.75, 3.05) is 6.54 Å². The van der Waals surface area contributed by atoms with Gasteiger partial charge >= 0.3 is 6.09 Å². The van der Waals surface area contributed by atoms with Gasteiger partial charge in [0.15, 0.2) is 0 Å². The summed E-state index contributed by atoms with van der Waals surface area (Å²) in [5, 5.41) is 2.96. The van der Waals surface area contributed by atoms with E-state index in [2.05, 4.69) is 10.3 Å². The van der Waals surface area contributed by atoms with Crippen molar-refractivity contribution in [1.82, 2.24) is 15.2 Å². The summed E-state index contributed by atoms with van der Waals surface area (Å²) in [5.74, 6) is -3.84. The van der Waals surface area contributed by atoms with E-state index < -0.39 is 42.5 Å². The van der Waals surface area contributed by atoms with E-state index in [9.17, 15) is 18.4 Å². The fourth-order valence-electron chi connectivity index (χ4n) is 2.40. The highest BCUT2D eigenvalue weighted by Gasteiger charge is 2.51. The number of hydrogen-bond acceptors (Lipinski definition) is 4. The zero-order chi connectivity index (χ0) is 18.8. The van der Waals surface area contributed by atoms with Gasteiger partial charge in [0.2, 0.25) is 5.91 Å². The normalized spacial score (nSPS) is 19.6. The number of likely N-dealkylation sites (tertiary alicyclic amines) is 1. The second-order valence-electron chi connectivity index (χ2n) is 6.87. The predicted octanol–water partition coefficient (Wildman–Crippen LogP) is 3.00. The monoisotopic (exact) mass is 375 g/mol. The largest absolute Gasteiger partial charge is 0.444 e. The van der Waals surface area contributed by atoms with E-state index in [1.54, 1.807) is 32.9 Å². The first-order valence-corrected chi connectivity index (χ1v) is 8.10. The third-order valence-electron chi connectivity index (χ3n) is 3.42. The molecule has 1 aliphatic heterocycles. The zero-order valence-electron chi connectivity index (χ0n) is 14.2. The topological polar surface area (TPSA) is 71.5 Å². The molecule has 0 radical (unpaired) electrons. The molecule has 25 heavy (non-hydrogen) atoms. The maximum absolute atomic E-state index is 13.8. The fourth-order valence-corrected chi connectivity index (χ4v) is 2.59. The van der Waals surface area contributed by atoms with Crippen LogP contribution in [0, 0.1) is 0 Å². The van der Waals surface area contributed by atoms with Crippen LogP contribution in [0.4, 0.5) is 13.6 Å². The molecule has 2 heterocycles. The summed E-state index contributed by atoms with van der Waals surface area (Å²) >= 11 is 5.83. The van der Waals surface area contributed by atoms with Gasteiger partial charge in [-0.25, -0.2) is 13.6 Å². The zero-order valence-corrected chi connectivity index (χ0v) is 14.9. The van der Waals surface area contributed by atoms with E-state index in [0.29, 0.717) is 10.7 Å². The Morgan fingerprint density at radius 1 is 1.48 bits per heavy atom. The molecule has 1 saturated heterocycles. The second-order valence-corrected chi connectivity index (χ2v) is 7.30. The Balaban J connectivity index is 2.05. The number of alkyl halides is 2. The number of halogens is 3. The van der Waals surface area contributed by atoms with Crippen molar-refractivity contribution in [3.63, 3.8) is 0 Å². The average Bonchev–Trinajstić information content (AvgIpc) is 2.79. The average molecular weight is 376 g/mol. The summed E-state index contributed by atoms with van der Waals surface area (Å²) in [4.78, 5) is 29.2. The maximum Gasteiger partial charge on any atom is 0.411 e. The van der Waals surface area contributed by atoms with Crippen molar-refractivity contribution in [2.45, 2.75) is 51.3 Å². The summed E-state index contributed by atoms with van der Waals surface area (Å²) in [6.07, 6.45) is -0.215. The van der Waals surface area contributed by atoms with E-state index >= 15 is 0 Å². The molecule has 138 valence electrons. The Morgan fingerprint density at radius 2 is 2.16 bits per heavy atom. The van der Waals surface area contributed by atoms with Crippen LogP contribution in [0.25, 0.3) is 0 Å². The maximum atomic E-state index is 13.8. The molecule has 0 bridgehead atoms. The van der Waals surface area contributed by atoms with Crippen LogP contribution in [0.1, 0.15) is 32.9 Å². The number of carbonyl (C=O) groups excluding carboxylic acids is 2. The molecule has 2 rings (SSSR count). The van der Waals surface area contributed by atoms with Gasteiger partial charge in [0.05, 0.1) is 18.8 Å². The Kier molecular flexibility index (Phi) is 5.51. The number of hydrogen-bond donors (Lipinski definition) is 1. The highest BCUT2D eigenvalue weighted by molar-refractivity contribution is 6.30. The molecule has 6 nitrogen and oxygen atoms in total. The van der Waals surface area contributed by atoms with Gasteiger partial charge in [-0.2, -0.15) is 0 Å². The van der Waals surface area contributed by atoms with E-state index in [4.69, 9.17) is 16.3 Å². The molecule has 1 aromatic rings. The highest BCUT2D eigenvalue weighted by Crippen LogP contribution is 2.33. The number of aromatic nitrogens is 1. The van der Waals surface area contributed by atoms with Gasteiger partial charge in [0.1, 0.15) is 11.6 Å². The number of carbonyl (C=O) groups is 2. The Hall–Kier alpha value is -1.96. The van der Waals surface area contributed by atoms with Gasteiger partial charge in [-0.05, 0) is 32.9 Å². The quantitative estimate of drug-likeness (QED) is 0.881. The third kappa shape index (κ3) is 5.52. The van der Waals surface area contributed by atoms with E-state index in [0.717, 1.165) is 4.90 Å². The molecule has 0 unspecified atom stereocenters. The van der Waals surface area contributed by atoms with Gasteiger partial charge in [0.25, 0.3) is 5.92 Å². The minimum atomic E-state index is -3.15. The molecule has 0 spiro atoms. The molecule has 1 fully saturated rings. The lowest BCUT2D eigenvalue weighted by molar-refractivity contribution is -0.125. The number of amides is 2. The lowest BCUT2D eigenvalue weighted by atomic mass is 10.1. The van der Waals surface area contributed by atoms with Crippen molar-refractivity contribution in [3.05, 3.63) is 29.0 Å². The van der Waals surface area contributed by atoms with E-state index in [-0.39, 0.29) is 6.54 Å². The van der Waals surface area contributed by atoms with Gasteiger partial charge in [-0.15, -0.1) is 0 Å². The van der Waals surface area contributed by atoms with Crippen LogP contribution in [-0.4, -0.2) is 46.0 Å². The van der Waals surface area contributed by atoms with Gasteiger partial charge in [-0.1, -0.05) is 11.6 Å². The van der Waals surface area contributed by atoms with Crippen molar-refractivity contribution in [1.29, 1.82) is 0 Å². The fraction of sp³-hybridized carbons (Fsp3) is 0.562. The van der Waals surface area contributed by atoms with Gasteiger partial charge in [0, 0.05) is 17.6 Å². The Morgan fingerprint density at radius 3 is 2.76 bits per heavy atom. The highest BCUT2D eigenvalue weighted by atomic mass is 35.5. The second kappa shape index (κ2) is 7.11. The summed E-state index contributed by atoms with van der Waals surface area (Å²) in [5.41, 5.74) is -0.366. The number of nitrogens with one attached hydrogen (secondary N) is 1. The van der Waals surface area contributed by atoms with Crippen molar-refractivity contribution < 1.29 is 23.1 Å². The van der Waals surface area contributed by atoms with Gasteiger partial charge in [-0.3, -0.25) is 14.7 Å². The summed E-state index contributed by atoms with van der Waals surface area (Å²) in [6.45, 7) is 4.04. The van der Waals surface area contributed by atoms with Gasteiger partial charge < -0.3 is 10.1 Å². The smallest absolute Gasteiger partial charge is 0.411 e. The predicted molar refractivity (Wildman–Crippen MR) is 87.4 cm³/mol. The number of rotatable bonds is 3. The molecule has 0 saturated carbocycles. The van der Waals surface area contributed by atoms with Crippen LogP contribution >= 0.6 is 11.6 Å². The van der Waals surface area contributed by atoms with E-state index in [1.165, 1.54) is 6.20 Å². The minimum Gasteiger partial charge on any atom is -0.444 e. The molecule has 1 atom stereocenters. The van der Waals surface area contributed by atoms with Crippen LogP contribution in [0.5, 0.6) is 0 Å². The Labute approximate surface area is 149 Å². The molecule has 2 amide bonds. The van der Waals surface area contributed by atoms with Crippen LogP contribution in [0.2, 0.25) is 5.02 Å². The number of pyridine rings is 1. The van der Waals surface area contributed by atoms with Crippen LogP contribution < -0.4 is 5.32 Å². The third-order valence-corrected chi connectivity index (χ3v) is 3.66. The van der Waals surface area contributed by atoms with Crippen molar-refractivity contribution >= 4 is 23.6 Å². The van der Waals surface area contributed by atoms with Crippen molar-refractivity contribution in [2.24, 2.45) is 0 Å². The first kappa shape index (κ1) is 19.4. The molecule has 1 aromatic heterocycles. The molecule has 9 heteroatoms. The number of ether oxygens (including phenoxy) is 1. The SMILES string of the molecule is CC(C)(C)OC(=O)N1CC(F)(F)C[C@H]1C(=O)NCc1cc(Cl)ccn1. The minimum absolute atomic E-state index is 0.0175. The van der Waals surface area contributed by atoms with Crippen molar-refractivity contribution in [3.8, 4) is 0 Å². The van der Waals surface area contributed by atoms with Crippen LogP contribution in [0.3, 0.4) is 0 Å². The van der Waals surface area contributed by atoms with Crippen LogP contribution in [0.15, 0.2) is 18.3 Å².